The molecule has 0 amide bonds. The first-order valence-electron chi connectivity index (χ1n) is 5.43. The number of nitrogens with one attached hydrogen (secondary N) is 1. The van der Waals surface area contributed by atoms with Crippen LogP contribution in [0.3, 0.4) is 0 Å². The Morgan fingerprint density at radius 2 is 2.12 bits per heavy atom. The van der Waals surface area contributed by atoms with Crippen LogP contribution in [0.2, 0.25) is 0 Å². The Morgan fingerprint density at radius 1 is 1.44 bits per heavy atom. The Hall–Kier alpha value is -0.580. The quantitative estimate of drug-likeness (QED) is 0.780. The molecule has 0 aliphatic heterocycles. The number of aromatic hydroxyl groups is 1. The minimum Gasteiger partial charge on any atom is -0.508 e. The van der Waals surface area contributed by atoms with E-state index in [2.05, 4.69) is 21.2 Å². The van der Waals surface area contributed by atoms with Gasteiger partial charge >= 0.3 is 0 Å². The molecule has 3 nitrogen and oxygen atoms in total. The summed E-state index contributed by atoms with van der Waals surface area (Å²) in [5.74, 6) is 0.274. The van der Waals surface area contributed by atoms with Crippen LogP contribution in [0.15, 0.2) is 22.7 Å². The van der Waals surface area contributed by atoms with Crippen molar-refractivity contribution in [2.75, 3.05) is 6.61 Å². The fourth-order valence-electron chi connectivity index (χ4n) is 1.62. The monoisotopic (exact) mass is 287 g/mol. The number of hydrogen-bond acceptors (Lipinski definition) is 3. The van der Waals surface area contributed by atoms with Crippen molar-refractivity contribution in [3.8, 4) is 5.75 Å². The van der Waals surface area contributed by atoms with Gasteiger partial charge in [0.25, 0.3) is 0 Å². The van der Waals surface area contributed by atoms with Crippen molar-refractivity contribution in [1.82, 2.24) is 5.32 Å². The van der Waals surface area contributed by atoms with Crippen LogP contribution in [0.25, 0.3) is 0 Å². The first-order valence-corrected chi connectivity index (χ1v) is 6.23. The highest BCUT2D eigenvalue weighted by Crippen LogP contribution is 2.27. The third-order valence-electron chi connectivity index (χ3n) is 2.65. The van der Waals surface area contributed by atoms with Crippen LogP contribution in [-0.4, -0.2) is 22.9 Å². The van der Waals surface area contributed by atoms with Gasteiger partial charge in [0.2, 0.25) is 0 Å². The van der Waals surface area contributed by atoms with Gasteiger partial charge < -0.3 is 15.5 Å². The summed E-state index contributed by atoms with van der Waals surface area (Å²) < 4.78 is 0.936. The minimum absolute atomic E-state index is 0.00889. The standard InChI is InChI=1S/C12H18BrNO2/c1-3-10(7-15)14-8(2)11-6-9(13)4-5-12(11)16/h4-6,8,10,14-16H,3,7H2,1-2H3. The molecule has 0 radical (unpaired) electrons. The van der Waals surface area contributed by atoms with E-state index in [-0.39, 0.29) is 24.4 Å². The Bertz CT molecular complexity index is 340. The topological polar surface area (TPSA) is 52.5 Å². The summed E-state index contributed by atoms with van der Waals surface area (Å²) in [5, 5.41) is 22.1. The normalized spacial score (nSPS) is 14.8. The fourth-order valence-corrected chi connectivity index (χ4v) is 1.99. The zero-order valence-electron chi connectivity index (χ0n) is 9.57. The van der Waals surface area contributed by atoms with Crippen LogP contribution >= 0.6 is 15.9 Å². The first-order chi connectivity index (χ1) is 7.58. The number of aliphatic hydroxyl groups excluding tert-OH is 1. The van der Waals surface area contributed by atoms with Crippen molar-refractivity contribution < 1.29 is 10.2 Å². The Morgan fingerprint density at radius 3 is 2.69 bits per heavy atom. The number of halogens is 1. The average molecular weight is 288 g/mol. The Kier molecular flexibility index (Phi) is 5.25. The van der Waals surface area contributed by atoms with Gasteiger partial charge in [-0.05, 0) is 31.5 Å². The highest BCUT2D eigenvalue weighted by Gasteiger charge is 2.14. The predicted molar refractivity (Wildman–Crippen MR) is 68.5 cm³/mol. The number of phenols is 1. The molecule has 0 saturated heterocycles. The molecule has 90 valence electrons. The third-order valence-corrected chi connectivity index (χ3v) is 3.15. The van der Waals surface area contributed by atoms with E-state index in [4.69, 9.17) is 5.11 Å². The maximum atomic E-state index is 9.74. The average Bonchev–Trinajstić information content (AvgIpc) is 2.28. The summed E-state index contributed by atoms with van der Waals surface area (Å²) >= 11 is 3.38. The maximum absolute atomic E-state index is 9.74. The van der Waals surface area contributed by atoms with Crippen LogP contribution in [0.4, 0.5) is 0 Å². The maximum Gasteiger partial charge on any atom is 0.120 e. The van der Waals surface area contributed by atoms with E-state index in [1.54, 1.807) is 12.1 Å². The zero-order chi connectivity index (χ0) is 12.1. The Balaban J connectivity index is 2.79. The second kappa shape index (κ2) is 6.23. The van der Waals surface area contributed by atoms with E-state index >= 15 is 0 Å². The largest absolute Gasteiger partial charge is 0.508 e. The second-order valence-corrected chi connectivity index (χ2v) is 4.79. The van der Waals surface area contributed by atoms with E-state index in [1.165, 1.54) is 0 Å². The van der Waals surface area contributed by atoms with Crippen molar-refractivity contribution in [3.05, 3.63) is 28.2 Å². The Labute approximate surface area is 105 Å². The smallest absolute Gasteiger partial charge is 0.120 e. The lowest BCUT2D eigenvalue weighted by atomic mass is 10.1. The highest BCUT2D eigenvalue weighted by atomic mass is 79.9. The van der Waals surface area contributed by atoms with E-state index in [0.717, 1.165) is 16.5 Å². The molecule has 4 heteroatoms. The molecule has 0 aromatic heterocycles. The van der Waals surface area contributed by atoms with Crippen molar-refractivity contribution in [1.29, 1.82) is 0 Å². The van der Waals surface area contributed by atoms with E-state index in [1.807, 2.05) is 19.9 Å². The molecule has 1 aromatic rings. The SMILES string of the molecule is CCC(CO)NC(C)c1cc(Br)ccc1O. The number of benzene rings is 1. The molecule has 0 spiro atoms. The third kappa shape index (κ3) is 3.47. The minimum atomic E-state index is 0.00889. The van der Waals surface area contributed by atoms with E-state index in [9.17, 15) is 5.11 Å². The first kappa shape index (κ1) is 13.5. The van der Waals surface area contributed by atoms with Crippen molar-refractivity contribution >= 4 is 15.9 Å². The fraction of sp³-hybridized carbons (Fsp3) is 0.500. The molecular weight excluding hydrogens is 270 g/mol. The molecule has 16 heavy (non-hydrogen) atoms. The van der Waals surface area contributed by atoms with E-state index in [0.29, 0.717) is 0 Å². The van der Waals surface area contributed by atoms with Crippen LogP contribution < -0.4 is 5.32 Å². The van der Waals surface area contributed by atoms with Crippen LogP contribution in [0.1, 0.15) is 31.9 Å². The molecule has 3 N–H and O–H groups in total. The number of rotatable bonds is 5. The molecule has 0 heterocycles. The van der Waals surface area contributed by atoms with Gasteiger partial charge in [-0.1, -0.05) is 22.9 Å². The van der Waals surface area contributed by atoms with Gasteiger partial charge in [-0.3, -0.25) is 0 Å². The van der Waals surface area contributed by atoms with Gasteiger partial charge in [0.05, 0.1) is 6.61 Å². The zero-order valence-corrected chi connectivity index (χ0v) is 11.2. The molecular formula is C12H18BrNO2. The molecule has 2 atom stereocenters. The predicted octanol–water partition coefficient (Wildman–Crippen LogP) is 2.58. The van der Waals surface area contributed by atoms with Gasteiger partial charge in [0, 0.05) is 22.1 Å². The van der Waals surface area contributed by atoms with Crippen molar-refractivity contribution in [3.63, 3.8) is 0 Å². The lowest BCUT2D eigenvalue weighted by molar-refractivity contribution is 0.229. The van der Waals surface area contributed by atoms with Crippen molar-refractivity contribution in [2.45, 2.75) is 32.4 Å². The molecule has 1 aromatic carbocycles. The lowest BCUT2D eigenvalue weighted by Crippen LogP contribution is -2.33. The molecule has 1 rings (SSSR count). The summed E-state index contributed by atoms with van der Waals surface area (Å²) in [6.07, 6.45) is 0.857. The van der Waals surface area contributed by atoms with Crippen LogP contribution in [0.5, 0.6) is 5.75 Å². The van der Waals surface area contributed by atoms with Crippen molar-refractivity contribution in [2.24, 2.45) is 0 Å². The summed E-state index contributed by atoms with van der Waals surface area (Å²) in [7, 11) is 0. The second-order valence-electron chi connectivity index (χ2n) is 3.88. The number of aliphatic hydroxyl groups is 1. The lowest BCUT2D eigenvalue weighted by Gasteiger charge is -2.21. The van der Waals surface area contributed by atoms with Crippen LogP contribution in [0, 0.1) is 0 Å². The molecule has 0 fully saturated rings. The summed E-state index contributed by atoms with van der Waals surface area (Å²) in [5.41, 5.74) is 0.835. The number of phenolic OH excluding ortho intramolecular Hbond substituents is 1. The molecule has 2 unspecified atom stereocenters. The van der Waals surface area contributed by atoms with Gasteiger partial charge in [-0.15, -0.1) is 0 Å². The van der Waals surface area contributed by atoms with Gasteiger partial charge in [-0.2, -0.15) is 0 Å². The molecule has 0 aliphatic rings. The van der Waals surface area contributed by atoms with Gasteiger partial charge in [-0.25, -0.2) is 0 Å². The summed E-state index contributed by atoms with van der Waals surface area (Å²) in [6.45, 7) is 4.09. The van der Waals surface area contributed by atoms with E-state index < -0.39 is 0 Å². The van der Waals surface area contributed by atoms with Gasteiger partial charge in [0.15, 0.2) is 0 Å². The molecule has 0 bridgehead atoms. The summed E-state index contributed by atoms with van der Waals surface area (Å²) in [6, 6.07) is 5.42. The number of hydrogen-bond donors (Lipinski definition) is 3. The van der Waals surface area contributed by atoms with Gasteiger partial charge in [0.1, 0.15) is 5.75 Å². The molecule has 0 saturated carbocycles. The highest BCUT2D eigenvalue weighted by molar-refractivity contribution is 9.10. The molecule has 0 aliphatic carbocycles. The summed E-state index contributed by atoms with van der Waals surface area (Å²) in [4.78, 5) is 0. The van der Waals surface area contributed by atoms with Crippen LogP contribution in [-0.2, 0) is 0 Å².